The summed E-state index contributed by atoms with van der Waals surface area (Å²) in [5.41, 5.74) is 0. The standard InChI is InChI=1S/C16H23NO3/c1-9-4-3-5-10(2)17(9)15(18)13-11-6-7-12(8-11)14(13)16(19)20/h6-7,9-14H,3-5,8H2,1-2H3,(H,19,20)/t9-,10+,11-,12-,13+,14+/m0/s1. The van der Waals surface area contributed by atoms with Gasteiger partial charge in [0.05, 0.1) is 11.8 Å². The number of piperidine rings is 1. The number of carbonyl (C=O) groups is 2. The highest BCUT2D eigenvalue weighted by molar-refractivity contribution is 5.87. The van der Waals surface area contributed by atoms with Gasteiger partial charge in [-0.05, 0) is 51.4 Å². The van der Waals surface area contributed by atoms with E-state index in [0.717, 1.165) is 25.7 Å². The number of amides is 1. The van der Waals surface area contributed by atoms with Crippen molar-refractivity contribution < 1.29 is 14.7 Å². The molecule has 1 amide bonds. The highest BCUT2D eigenvalue weighted by Gasteiger charge is 2.53. The summed E-state index contributed by atoms with van der Waals surface area (Å²) in [4.78, 5) is 26.5. The molecule has 1 saturated carbocycles. The second-order valence-electron chi connectivity index (χ2n) is 6.71. The minimum Gasteiger partial charge on any atom is -0.481 e. The molecule has 1 saturated heterocycles. The fourth-order valence-corrected chi connectivity index (χ4v) is 4.52. The first-order valence-electron chi connectivity index (χ1n) is 7.74. The minimum atomic E-state index is -0.808. The molecule has 1 N–H and O–H groups in total. The Bertz CT molecular complexity index is 449. The van der Waals surface area contributed by atoms with Gasteiger partial charge in [-0.1, -0.05) is 12.2 Å². The topological polar surface area (TPSA) is 57.6 Å². The number of carboxylic acid groups (broad SMARTS) is 1. The van der Waals surface area contributed by atoms with Crippen molar-refractivity contribution in [2.45, 2.75) is 51.6 Å². The van der Waals surface area contributed by atoms with Crippen LogP contribution in [0, 0.1) is 23.7 Å². The van der Waals surface area contributed by atoms with Crippen molar-refractivity contribution in [3.8, 4) is 0 Å². The van der Waals surface area contributed by atoms with Crippen LogP contribution in [-0.2, 0) is 9.59 Å². The van der Waals surface area contributed by atoms with E-state index in [1.807, 2.05) is 11.0 Å². The first-order chi connectivity index (χ1) is 9.50. The predicted molar refractivity (Wildman–Crippen MR) is 75.0 cm³/mol. The Morgan fingerprint density at radius 3 is 2.15 bits per heavy atom. The molecule has 4 heteroatoms. The molecule has 4 nitrogen and oxygen atoms in total. The summed E-state index contributed by atoms with van der Waals surface area (Å²) in [6, 6.07) is 0.479. The molecule has 1 aliphatic heterocycles. The Morgan fingerprint density at radius 2 is 1.60 bits per heavy atom. The molecule has 0 aromatic rings. The van der Waals surface area contributed by atoms with E-state index in [2.05, 4.69) is 19.9 Å². The lowest BCUT2D eigenvalue weighted by atomic mass is 9.81. The molecular weight excluding hydrogens is 254 g/mol. The number of fused-ring (bicyclic) bond motifs is 2. The van der Waals surface area contributed by atoms with Crippen LogP contribution >= 0.6 is 0 Å². The van der Waals surface area contributed by atoms with Gasteiger partial charge in [-0.3, -0.25) is 9.59 Å². The number of nitrogens with zero attached hydrogens (tertiary/aromatic N) is 1. The molecule has 2 aliphatic carbocycles. The Morgan fingerprint density at radius 1 is 1.05 bits per heavy atom. The van der Waals surface area contributed by atoms with E-state index >= 15 is 0 Å². The molecule has 0 radical (unpaired) electrons. The van der Waals surface area contributed by atoms with Crippen LogP contribution in [0.4, 0.5) is 0 Å². The van der Waals surface area contributed by atoms with Crippen LogP contribution in [0.15, 0.2) is 12.2 Å². The van der Waals surface area contributed by atoms with Gasteiger partial charge in [0.1, 0.15) is 0 Å². The van der Waals surface area contributed by atoms with E-state index in [0.29, 0.717) is 0 Å². The van der Waals surface area contributed by atoms with Gasteiger partial charge in [0.2, 0.25) is 5.91 Å². The minimum absolute atomic E-state index is 0.0573. The maximum Gasteiger partial charge on any atom is 0.307 e. The van der Waals surface area contributed by atoms with Crippen molar-refractivity contribution in [3.63, 3.8) is 0 Å². The Kier molecular flexibility index (Phi) is 3.35. The molecule has 0 aromatic heterocycles. The Balaban J connectivity index is 1.86. The quantitative estimate of drug-likeness (QED) is 0.788. The maximum absolute atomic E-state index is 13.0. The molecule has 2 bridgehead atoms. The van der Waals surface area contributed by atoms with Gasteiger partial charge in [-0.2, -0.15) is 0 Å². The second kappa shape index (κ2) is 4.90. The zero-order chi connectivity index (χ0) is 14.4. The zero-order valence-electron chi connectivity index (χ0n) is 12.2. The van der Waals surface area contributed by atoms with Crippen molar-refractivity contribution >= 4 is 11.9 Å². The van der Waals surface area contributed by atoms with Crippen molar-refractivity contribution in [2.24, 2.45) is 23.7 Å². The van der Waals surface area contributed by atoms with Gasteiger partial charge in [0.25, 0.3) is 0 Å². The SMILES string of the molecule is C[C@@H]1CCC[C@H](C)N1C(=O)[C@H]1[C@H](C(=O)O)[C@H]2C=C[C@H]1C2. The first kappa shape index (κ1) is 13.7. The van der Waals surface area contributed by atoms with Gasteiger partial charge in [-0.15, -0.1) is 0 Å². The fourth-order valence-electron chi connectivity index (χ4n) is 4.52. The number of carboxylic acids is 1. The predicted octanol–water partition coefficient (Wildman–Crippen LogP) is 2.30. The van der Waals surface area contributed by atoms with Crippen LogP contribution in [0.5, 0.6) is 0 Å². The van der Waals surface area contributed by atoms with Crippen molar-refractivity contribution in [1.29, 1.82) is 0 Å². The molecule has 1 heterocycles. The van der Waals surface area contributed by atoms with Crippen LogP contribution in [-0.4, -0.2) is 34.0 Å². The van der Waals surface area contributed by atoms with E-state index in [1.165, 1.54) is 0 Å². The first-order valence-corrected chi connectivity index (χ1v) is 7.74. The lowest BCUT2D eigenvalue weighted by Crippen LogP contribution is -2.52. The van der Waals surface area contributed by atoms with Crippen LogP contribution in [0.25, 0.3) is 0 Å². The molecule has 0 spiro atoms. The van der Waals surface area contributed by atoms with E-state index in [-0.39, 0.29) is 35.7 Å². The van der Waals surface area contributed by atoms with Gasteiger partial charge in [0.15, 0.2) is 0 Å². The molecule has 0 unspecified atom stereocenters. The summed E-state index contributed by atoms with van der Waals surface area (Å²) < 4.78 is 0. The van der Waals surface area contributed by atoms with Crippen LogP contribution in [0.3, 0.4) is 0 Å². The molecule has 0 aromatic carbocycles. The summed E-state index contributed by atoms with van der Waals surface area (Å²) in [6.07, 6.45) is 8.12. The van der Waals surface area contributed by atoms with Crippen molar-refractivity contribution in [3.05, 3.63) is 12.2 Å². The fraction of sp³-hybridized carbons (Fsp3) is 0.750. The molecule has 2 fully saturated rings. The number of hydrogen-bond donors (Lipinski definition) is 1. The number of aliphatic carboxylic acids is 1. The lowest BCUT2D eigenvalue weighted by Gasteiger charge is -2.42. The van der Waals surface area contributed by atoms with Gasteiger partial charge >= 0.3 is 5.97 Å². The average molecular weight is 277 g/mol. The summed E-state index contributed by atoms with van der Waals surface area (Å²) >= 11 is 0. The molecule has 6 atom stereocenters. The number of rotatable bonds is 2. The van der Waals surface area contributed by atoms with Crippen LogP contribution in [0.2, 0.25) is 0 Å². The third-order valence-electron chi connectivity index (χ3n) is 5.48. The third-order valence-corrected chi connectivity index (χ3v) is 5.48. The molecule has 3 rings (SSSR count). The number of carbonyl (C=O) groups excluding carboxylic acids is 1. The van der Waals surface area contributed by atoms with Crippen LogP contribution in [0.1, 0.15) is 39.5 Å². The largest absolute Gasteiger partial charge is 0.481 e. The summed E-state index contributed by atoms with van der Waals surface area (Å²) in [5, 5.41) is 9.48. The summed E-state index contributed by atoms with van der Waals surface area (Å²) in [7, 11) is 0. The normalized spacial score (nSPS) is 43.0. The van der Waals surface area contributed by atoms with Gasteiger partial charge in [-0.25, -0.2) is 0 Å². The molecule has 3 aliphatic rings. The van der Waals surface area contributed by atoms with E-state index in [4.69, 9.17) is 0 Å². The van der Waals surface area contributed by atoms with Crippen LogP contribution < -0.4 is 0 Å². The Labute approximate surface area is 119 Å². The van der Waals surface area contributed by atoms with Gasteiger partial charge < -0.3 is 10.0 Å². The molecule has 20 heavy (non-hydrogen) atoms. The number of likely N-dealkylation sites (tertiary alicyclic amines) is 1. The lowest BCUT2D eigenvalue weighted by molar-refractivity contribution is -0.154. The summed E-state index contributed by atoms with van der Waals surface area (Å²) in [5.74, 6) is -1.40. The van der Waals surface area contributed by atoms with E-state index in [9.17, 15) is 14.7 Å². The van der Waals surface area contributed by atoms with Gasteiger partial charge in [0, 0.05) is 12.1 Å². The monoisotopic (exact) mass is 277 g/mol. The van der Waals surface area contributed by atoms with Crippen molar-refractivity contribution in [2.75, 3.05) is 0 Å². The molecule has 110 valence electrons. The highest BCUT2D eigenvalue weighted by Crippen LogP contribution is 2.49. The van der Waals surface area contributed by atoms with E-state index in [1.54, 1.807) is 0 Å². The zero-order valence-corrected chi connectivity index (χ0v) is 12.2. The smallest absolute Gasteiger partial charge is 0.307 e. The maximum atomic E-state index is 13.0. The highest BCUT2D eigenvalue weighted by atomic mass is 16.4. The second-order valence-corrected chi connectivity index (χ2v) is 6.71. The third kappa shape index (κ3) is 1.97. The summed E-state index contributed by atoms with van der Waals surface area (Å²) in [6.45, 7) is 4.18. The average Bonchev–Trinajstić information content (AvgIpc) is 2.98. The number of hydrogen-bond acceptors (Lipinski definition) is 2. The Hall–Kier alpha value is -1.32. The molecular formula is C16H23NO3. The van der Waals surface area contributed by atoms with E-state index < -0.39 is 11.9 Å². The van der Waals surface area contributed by atoms with Crippen molar-refractivity contribution in [1.82, 2.24) is 4.90 Å². The number of allylic oxidation sites excluding steroid dienone is 2.